The summed E-state index contributed by atoms with van der Waals surface area (Å²) in [4.78, 5) is 14.0. The van der Waals surface area contributed by atoms with Crippen LogP contribution in [0.15, 0.2) is 22.7 Å². The van der Waals surface area contributed by atoms with Crippen molar-refractivity contribution >= 4 is 21.8 Å². The predicted molar refractivity (Wildman–Crippen MR) is 80.9 cm³/mol. The van der Waals surface area contributed by atoms with Crippen LogP contribution in [0.5, 0.6) is 0 Å². The van der Waals surface area contributed by atoms with Gasteiger partial charge in [0, 0.05) is 24.1 Å². The van der Waals surface area contributed by atoms with Crippen LogP contribution in [-0.4, -0.2) is 30.4 Å². The van der Waals surface area contributed by atoms with Gasteiger partial charge in [-0.1, -0.05) is 28.8 Å². The molecule has 0 aliphatic carbocycles. The van der Waals surface area contributed by atoms with Gasteiger partial charge < -0.3 is 10.2 Å². The molecule has 0 unspecified atom stereocenters. The number of carbonyl (C=O) groups excluding carboxylic acids is 1. The molecule has 0 atom stereocenters. The van der Waals surface area contributed by atoms with Gasteiger partial charge in [0.25, 0.3) is 0 Å². The van der Waals surface area contributed by atoms with Crippen molar-refractivity contribution in [3.8, 4) is 0 Å². The molecule has 20 heavy (non-hydrogen) atoms. The van der Waals surface area contributed by atoms with Gasteiger partial charge in [0.15, 0.2) is 0 Å². The summed E-state index contributed by atoms with van der Waals surface area (Å²) in [6, 6.07) is 4.58. The first-order chi connectivity index (χ1) is 9.66. The van der Waals surface area contributed by atoms with Crippen molar-refractivity contribution < 1.29 is 9.18 Å². The molecule has 3 nitrogen and oxygen atoms in total. The van der Waals surface area contributed by atoms with E-state index < -0.39 is 0 Å². The molecular weight excluding hydrogens is 323 g/mol. The van der Waals surface area contributed by atoms with Crippen molar-refractivity contribution in [2.45, 2.75) is 32.2 Å². The lowest BCUT2D eigenvalue weighted by Gasteiger charge is -2.20. The molecule has 5 heteroatoms. The number of hydrogen-bond acceptors (Lipinski definition) is 2. The maximum absolute atomic E-state index is 13.1. The van der Waals surface area contributed by atoms with Gasteiger partial charge in [-0.3, -0.25) is 4.79 Å². The first-order valence-corrected chi connectivity index (χ1v) is 7.88. The fraction of sp³-hybridized carbons (Fsp3) is 0.533. The van der Waals surface area contributed by atoms with Crippen molar-refractivity contribution in [2.24, 2.45) is 0 Å². The summed E-state index contributed by atoms with van der Waals surface area (Å²) < 4.78 is 14.0. The second-order valence-electron chi connectivity index (χ2n) is 5.13. The molecule has 1 aromatic carbocycles. The Morgan fingerprint density at radius 1 is 1.25 bits per heavy atom. The smallest absolute Gasteiger partial charge is 0.236 e. The quantitative estimate of drug-likeness (QED) is 0.911. The molecule has 1 aliphatic heterocycles. The lowest BCUT2D eigenvalue weighted by Crippen LogP contribution is -2.38. The van der Waals surface area contributed by atoms with E-state index in [0.717, 1.165) is 36.0 Å². The molecule has 1 aliphatic rings. The summed E-state index contributed by atoms with van der Waals surface area (Å²) in [6.45, 7) is 2.52. The second-order valence-corrected chi connectivity index (χ2v) is 5.99. The van der Waals surface area contributed by atoms with Gasteiger partial charge in [0.2, 0.25) is 5.91 Å². The molecule has 1 saturated heterocycles. The Hall–Kier alpha value is -0.940. The van der Waals surface area contributed by atoms with Gasteiger partial charge >= 0.3 is 0 Å². The third-order valence-corrected chi connectivity index (χ3v) is 4.33. The SMILES string of the molecule is O=C(CNCc1cc(F)ccc1Br)N1CCCCCC1. The first kappa shape index (κ1) is 15.4. The fourth-order valence-corrected chi connectivity index (χ4v) is 2.80. The number of carbonyl (C=O) groups is 1. The van der Waals surface area contributed by atoms with Gasteiger partial charge in [0.05, 0.1) is 6.54 Å². The molecule has 0 radical (unpaired) electrons. The van der Waals surface area contributed by atoms with Crippen LogP contribution in [-0.2, 0) is 11.3 Å². The molecule has 1 N–H and O–H groups in total. The normalized spacial score (nSPS) is 16.0. The number of nitrogens with zero attached hydrogens (tertiary/aromatic N) is 1. The molecule has 2 rings (SSSR count). The highest BCUT2D eigenvalue weighted by atomic mass is 79.9. The molecule has 0 saturated carbocycles. The van der Waals surface area contributed by atoms with Crippen molar-refractivity contribution in [2.75, 3.05) is 19.6 Å². The van der Waals surface area contributed by atoms with Crippen molar-refractivity contribution in [3.05, 3.63) is 34.1 Å². The predicted octanol–water partition coefficient (Wildman–Crippen LogP) is 3.08. The van der Waals surface area contributed by atoms with Gasteiger partial charge in [-0.05, 0) is 36.6 Å². The monoisotopic (exact) mass is 342 g/mol. The van der Waals surface area contributed by atoms with Crippen molar-refractivity contribution in [1.29, 1.82) is 0 Å². The van der Waals surface area contributed by atoms with Crippen LogP contribution in [0.2, 0.25) is 0 Å². The molecule has 1 heterocycles. The summed E-state index contributed by atoms with van der Waals surface area (Å²) >= 11 is 3.38. The number of nitrogens with one attached hydrogen (secondary N) is 1. The molecule has 1 aromatic rings. The Kier molecular flexibility index (Phi) is 5.98. The van der Waals surface area contributed by atoms with Gasteiger partial charge in [0.1, 0.15) is 5.82 Å². The van der Waals surface area contributed by atoms with E-state index in [-0.39, 0.29) is 11.7 Å². The number of rotatable bonds is 4. The summed E-state index contributed by atoms with van der Waals surface area (Å²) in [6.07, 6.45) is 4.63. The highest BCUT2D eigenvalue weighted by Crippen LogP contribution is 2.17. The number of halogens is 2. The molecule has 110 valence electrons. The van der Waals surface area contributed by atoms with Crippen LogP contribution < -0.4 is 5.32 Å². The first-order valence-electron chi connectivity index (χ1n) is 7.09. The van der Waals surface area contributed by atoms with Crippen LogP contribution >= 0.6 is 15.9 Å². The van der Waals surface area contributed by atoms with Crippen LogP contribution in [0.4, 0.5) is 4.39 Å². The van der Waals surface area contributed by atoms with Crippen molar-refractivity contribution in [1.82, 2.24) is 10.2 Å². The number of likely N-dealkylation sites (tertiary alicyclic amines) is 1. The summed E-state index contributed by atoms with van der Waals surface area (Å²) in [5.41, 5.74) is 0.827. The maximum atomic E-state index is 13.1. The third-order valence-electron chi connectivity index (χ3n) is 3.56. The number of amides is 1. The fourth-order valence-electron chi connectivity index (χ4n) is 2.41. The van der Waals surface area contributed by atoms with Crippen molar-refractivity contribution in [3.63, 3.8) is 0 Å². The lowest BCUT2D eigenvalue weighted by molar-refractivity contribution is -0.130. The van der Waals surface area contributed by atoms with E-state index in [1.54, 1.807) is 6.07 Å². The average molecular weight is 343 g/mol. The highest BCUT2D eigenvalue weighted by molar-refractivity contribution is 9.10. The number of benzene rings is 1. The Labute approximate surface area is 127 Å². The largest absolute Gasteiger partial charge is 0.342 e. The van der Waals surface area contributed by atoms with Crippen LogP contribution in [0.3, 0.4) is 0 Å². The van der Waals surface area contributed by atoms with E-state index in [1.165, 1.54) is 25.0 Å². The van der Waals surface area contributed by atoms with Gasteiger partial charge in [-0.25, -0.2) is 4.39 Å². The summed E-state index contributed by atoms with van der Waals surface area (Å²) in [5, 5.41) is 3.10. The van der Waals surface area contributed by atoms with Crippen LogP contribution in [0.25, 0.3) is 0 Å². The van der Waals surface area contributed by atoms with E-state index in [9.17, 15) is 9.18 Å². The molecule has 0 aromatic heterocycles. The Morgan fingerprint density at radius 3 is 2.65 bits per heavy atom. The Bertz CT molecular complexity index is 459. The van der Waals surface area contributed by atoms with E-state index >= 15 is 0 Å². The van der Waals surface area contributed by atoms with E-state index in [1.807, 2.05) is 4.90 Å². The zero-order valence-corrected chi connectivity index (χ0v) is 13.1. The van der Waals surface area contributed by atoms with E-state index in [0.29, 0.717) is 13.1 Å². The Morgan fingerprint density at radius 2 is 1.95 bits per heavy atom. The molecule has 0 spiro atoms. The van der Waals surface area contributed by atoms with Gasteiger partial charge in [-0.2, -0.15) is 0 Å². The topological polar surface area (TPSA) is 32.3 Å². The zero-order valence-electron chi connectivity index (χ0n) is 11.5. The van der Waals surface area contributed by atoms with E-state index in [2.05, 4.69) is 21.2 Å². The zero-order chi connectivity index (χ0) is 14.4. The van der Waals surface area contributed by atoms with E-state index in [4.69, 9.17) is 0 Å². The Balaban J connectivity index is 1.80. The minimum atomic E-state index is -0.260. The van der Waals surface area contributed by atoms with Crippen LogP contribution in [0, 0.1) is 5.82 Å². The summed E-state index contributed by atoms with van der Waals surface area (Å²) in [5.74, 6) is -0.122. The summed E-state index contributed by atoms with van der Waals surface area (Å²) in [7, 11) is 0. The minimum Gasteiger partial charge on any atom is -0.342 e. The second kappa shape index (κ2) is 7.74. The molecule has 1 amide bonds. The highest BCUT2D eigenvalue weighted by Gasteiger charge is 2.14. The lowest BCUT2D eigenvalue weighted by atomic mass is 10.2. The minimum absolute atomic E-state index is 0.138. The standard InChI is InChI=1S/C15H20BrFN2O/c16-14-6-5-13(17)9-12(14)10-18-11-15(20)19-7-3-1-2-4-8-19/h5-6,9,18H,1-4,7-8,10-11H2. The molecule has 1 fully saturated rings. The maximum Gasteiger partial charge on any atom is 0.236 e. The number of hydrogen-bond donors (Lipinski definition) is 1. The molecule has 0 bridgehead atoms. The third kappa shape index (κ3) is 4.56. The molecular formula is C15H20BrFN2O. The average Bonchev–Trinajstić information content (AvgIpc) is 2.71. The van der Waals surface area contributed by atoms with Crippen LogP contribution in [0.1, 0.15) is 31.2 Å². The van der Waals surface area contributed by atoms with Gasteiger partial charge in [-0.15, -0.1) is 0 Å².